The summed E-state index contributed by atoms with van der Waals surface area (Å²) in [4.78, 5) is 0. The van der Waals surface area contributed by atoms with Gasteiger partial charge < -0.3 is 5.21 Å². The Kier molecular flexibility index (Phi) is 1.90. The summed E-state index contributed by atoms with van der Waals surface area (Å²) in [6, 6.07) is 0. The zero-order valence-electron chi connectivity index (χ0n) is 7.05. The molecule has 1 spiro atoms. The van der Waals surface area contributed by atoms with Crippen LogP contribution in [0.25, 0.3) is 0 Å². The van der Waals surface area contributed by atoms with E-state index in [1.165, 1.54) is 44.9 Å². The zero-order chi connectivity index (χ0) is 7.73. The summed E-state index contributed by atoms with van der Waals surface area (Å²) in [6.07, 6.45) is 8.87. The van der Waals surface area contributed by atoms with Gasteiger partial charge in [0.25, 0.3) is 0 Å². The van der Waals surface area contributed by atoms with Gasteiger partial charge in [-0.3, -0.25) is 0 Å². The molecule has 1 saturated heterocycles. The van der Waals surface area contributed by atoms with Crippen molar-refractivity contribution in [3.05, 3.63) is 0 Å². The Morgan fingerprint density at radius 1 is 0.909 bits per heavy atom. The molecule has 64 valence electrons. The molecule has 1 aliphatic heterocycles. The van der Waals surface area contributed by atoms with Gasteiger partial charge in [-0.1, -0.05) is 19.3 Å². The molecule has 0 aromatic carbocycles. The van der Waals surface area contributed by atoms with Crippen LogP contribution in [0.2, 0.25) is 0 Å². The molecule has 2 fully saturated rings. The van der Waals surface area contributed by atoms with Gasteiger partial charge in [0.1, 0.15) is 0 Å². The van der Waals surface area contributed by atoms with Crippen LogP contribution < -0.4 is 0 Å². The highest BCUT2D eigenvalue weighted by molar-refractivity contribution is 4.93. The van der Waals surface area contributed by atoms with Crippen molar-refractivity contribution in [2.24, 2.45) is 0 Å². The lowest BCUT2D eigenvalue weighted by molar-refractivity contribution is -0.159. The number of rotatable bonds is 0. The number of hydrogen-bond acceptors (Lipinski definition) is 2. The molecule has 11 heavy (non-hydrogen) atoms. The van der Waals surface area contributed by atoms with Crippen LogP contribution in [0.5, 0.6) is 0 Å². The van der Waals surface area contributed by atoms with Crippen molar-refractivity contribution in [3.8, 4) is 0 Å². The van der Waals surface area contributed by atoms with Crippen molar-refractivity contribution >= 4 is 0 Å². The lowest BCUT2D eigenvalue weighted by atomic mass is 9.80. The zero-order valence-corrected chi connectivity index (χ0v) is 7.05. The molecule has 1 saturated carbocycles. The minimum atomic E-state index is 0.220. The Morgan fingerprint density at radius 3 is 2.09 bits per heavy atom. The average molecular weight is 155 g/mol. The van der Waals surface area contributed by atoms with E-state index in [1.807, 2.05) is 0 Å². The van der Waals surface area contributed by atoms with Crippen LogP contribution in [0.3, 0.4) is 0 Å². The second kappa shape index (κ2) is 2.76. The van der Waals surface area contributed by atoms with Crippen LogP contribution in [0.1, 0.15) is 44.9 Å². The van der Waals surface area contributed by atoms with E-state index < -0.39 is 0 Å². The number of nitrogens with zero attached hydrogens (tertiary/aromatic N) is 1. The third kappa shape index (κ3) is 1.18. The molecule has 2 heteroatoms. The molecule has 0 radical (unpaired) electrons. The first-order valence-corrected chi connectivity index (χ1v) is 4.80. The van der Waals surface area contributed by atoms with E-state index in [0.29, 0.717) is 0 Å². The summed E-state index contributed by atoms with van der Waals surface area (Å²) in [5, 5.41) is 11.3. The summed E-state index contributed by atoms with van der Waals surface area (Å²) in [6.45, 7) is 0.903. The standard InChI is InChI=1S/C9H17NO/c11-10-8-4-7-9(10)5-2-1-3-6-9/h11H,1-8H2. The second-order valence-electron chi connectivity index (χ2n) is 4.01. The Morgan fingerprint density at radius 2 is 1.55 bits per heavy atom. The summed E-state index contributed by atoms with van der Waals surface area (Å²) in [7, 11) is 0. The SMILES string of the molecule is ON1CCCC12CCCCC2. The van der Waals surface area contributed by atoms with E-state index in [2.05, 4.69) is 0 Å². The molecular formula is C9H17NO. The lowest BCUT2D eigenvalue weighted by Gasteiger charge is -2.37. The maximum absolute atomic E-state index is 9.64. The fraction of sp³-hybridized carbons (Fsp3) is 1.00. The first-order valence-electron chi connectivity index (χ1n) is 4.80. The van der Waals surface area contributed by atoms with Gasteiger partial charge in [0.15, 0.2) is 0 Å². The summed E-state index contributed by atoms with van der Waals surface area (Å²) < 4.78 is 0. The Bertz CT molecular complexity index is 140. The van der Waals surface area contributed by atoms with Crippen molar-refractivity contribution in [1.82, 2.24) is 5.06 Å². The van der Waals surface area contributed by atoms with Crippen molar-refractivity contribution in [3.63, 3.8) is 0 Å². The second-order valence-corrected chi connectivity index (χ2v) is 4.01. The Balaban J connectivity index is 2.06. The maximum atomic E-state index is 9.64. The van der Waals surface area contributed by atoms with E-state index in [9.17, 15) is 5.21 Å². The average Bonchev–Trinajstić information content (AvgIpc) is 2.36. The maximum Gasteiger partial charge on any atom is 0.0461 e. The molecule has 2 aliphatic rings. The van der Waals surface area contributed by atoms with E-state index in [1.54, 1.807) is 5.06 Å². The largest absolute Gasteiger partial charge is 0.313 e. The third-order valence-corrected chi connectivity index (χ3v) is 3.34. The molecule has 2 nitrogen and oxygen atoms in total. The number of hydrogen-bond donors (Lipinski definition) is 1. The summed E-state index contributed by atoms with van der Waals surface area (Å²) in [5.41, 5.74) is 0.220. The highest BCUT2D eigenvalue weighted by Gasteiger charge is 2.40. The molecule has 1 N–H and O–H groups in total. The van der Waals surface area contributed by atoms with Crippen molar-refractivity contribution in [2.45, 2.75) is 50.5 Å². The minimum absolute atomic E-state index is 0.220. The van der Waals surface area contributed by atoms with Gasteiger partial charge in [0.2, 0.25) is 0 Å². The Labute approximate surface area is 68.2 Å². The van der Waals surface area contributed by atoms with Crippen molar-refractivity contribution in [2.75, 3.05) is 6.54 Å². The lowest BCUT2D eigenvalue weighted by Crippen LogP contribution is -2.43. The fourth-order valence-electron chi connectivity index (χ4n) is 2.64. The predicted molar refractivity (Wildman–Crippen MR) is 43.5 cm³/mol. The fourth-order valence-corrected chi connectivity index (χ4v) is 2.64. The van der Waals surface area contributed by atoms with Crippen LogP contribution in [-0.4, -0.2) is 22.4 Å². The van der Waals surface area contributed by atoms with Gasteiger partial charge in [-0.25, -0.2) is 0 Å². The molecular weight excluding hydrogens is 138 g/mol. The van der Waals surface area contributed by atoms with Gasteiger partial charge in [0, 0.05) is 12.1 Å². The smallest absolute Gasteiger partial charge is 0.0461 e. The molecule has 1 aliphatic carbocycles. The minimum Gasteiger partial charge on any atom is -0.313 e. The van der Waals surface area contributed by atoms with Crippen molar-refractivity contribution < 1.29 is 5.21 Å². The van der Waals surface area contributed by atoms with Gasteiger partial charge in [-0.15, -0.1) is 0 Å². The summed E-state index contributed by atoms with van der Waals surface area (Å²) in [5.74, 6) is 0. The summed E-state index contributed by atoms with van der Waals surface area (Å²) >= 11 is 0. The van der Waals surface area contributed by atoms with Crippen LogP contribution in [0.4, 0.5) is 0 Å². The molecule has 1 heterocycles. The first kappa shape index (κ1) is 7.56. The van der Waals surface area contributed by atoms with E-state index >= 15 is 0 Å². The van der Waals surface area contributed by atoms with Crippen molar-refractivity contribution in [1.29, 1.82) is 0 Å². The number of hydroxylamine groups is 2. The molecule has 0 bridgehead atoms. The topological polar surface area (TPSA) is 23.5 Å². The van der Waals surface area contributed by atoms with Crippen LogP contribution in [0.15, 0.2) is 0 Å². The van der Waals surface area contributed by atoms with Crippen LogP contribution >= 0.6 is 0 Å². The molecule has 0 unspecified atom stereocenters. The molecule has 0 amide bonds. The monoisotopic (exact) mass is 155 g/mol. The van der Waals surface area contributed by atoms with Gasteiger partial charge in [-0.2, -0.15) is 5.06 Å². The molecule has 0 aromatic rings. The molecule has 2 rings (SSSR count). The third-order valence-electron chi connectivity index (χ3n) is 3.34. The van der Waals surface area contributed by atoms with Gasteiger partial charge >= 0.3 is 0 Å². The van der Waals surface area contributed by atoms with Gasteiger partial charge in [0.05, 0.1) is 0 Å². The van der Waals surface area contributed by atoms with E-state index in [-0.39, 0.29) is 5.54 Å². The molecule has 0 atom stereocenters. The van der Waals surface area contributed by atoms with E-state index in [4.69, 9.17) is 0 Å². The van der Waals surface area contributed by atoms with Crippen LogP contribution in [-0.2, 0) is 0 Å². The van der Waals surface area contributed by atoms with Crippen LogP contribution in [0, 0.1) is 0 Å². The molecule has 0 aromatic heterocycles. The quantitative estimate of drug-likeness (QED) is 0.579. The predicted octanol–water partition coefficient (Wildman–Crippen LogP) is 2.17. The normalized spacial score (nSPS) is 31.4. The highest BCUT2D eigenvalue weighted by Crippen LogP contribution is 2.40. The van der Waals surface area contributed by atoms with E-state index in [0.717, 1.165) is 6.54 Å². The van der Waals surface area contributed by atoms with Gasteiger partial charge in [-0.05, 0) is 25.7 Å². The Hall–Kier alpha value is -0.0800. The highest BCUT2D eigenvalue weighted by atomic mass is 16.5. The first-order chi connectivity index (χ1) is 5.33.